The van der Waals surface area contributed by atoms with Crippen molar-refractivity contribution in [2.45, 2.75) is 31.3 Å². The van der Waals surface area contributed by atoms with E-state index in [9.17, 15) is 22.4 Å². The van der Waals surface area contributed by atoms with Crippen LogP contribution in [0.1, 0.15) is 18.1 Å². The van der Waals surface area contributed by atoms with Gasteiger partial charge in [-0.15, -0.1) is 0 Å². The Morgan fingerprint density at radius 3 is 2.24 bits per heavy atom. The molecule has 0 aliphatic heterocycles. The number of likely N-dealkylation sites (N-methyl/N-ethyl adjacent to an activating group) is 1. The quantitative estimate of drug-likeness (QED) is 0.372. The number of hydrogen-bond donors (Lipinski definition) is 1. The number of nitrogens with one attached hydrogen (secondary N) is 1. The maximum absolute atomic E-state index is 13.9. The topological polar surface area (TPSA) is 96.0 Å². The van der Waals surface area contributed by atoms with Crippen LogP contribution < -0.4 is 14.4 Å². The number of carbonyl (C=O) groups is 2. The molecule has 0 aromatic heterocycles. The Morgan fingerprint density at radius 1 is 1.05 bits per heavy atom. The molecule has 202 valence electrons. The lowest BCUT2D eigenvalue weighted by Crippen LogP contribution is -2.50. The first-order chi connectivity index (χ1) is 18.0. The molecule has 1 N–H and O–H groups in total. The van der Waals surface area contributed by atoms with Crippen LogP contribution in [0.2, 0.25) is 0 Å². The number of carbonyl (C=O) groups excluding carboxylic acids is 2. The number of sulfonamides is 1. The van der Waals surface area contributed by atoms with Crippen molar-refractivity contribution in [1.82, 2.24) is 10.2 Å². The predicted octanol–water partition coefficient (Wildman–Crippen LogP) is 4.26. The van der Waals surface area contributed by atoms with Crippen LogP contribution in [-0.4, -0.2) is 51.9 Å². The van der Waals surface area contributed by atoms with Crippen LogP contribution >= 0.6 is 15.9 Å². The van der Waals surface area contributed by atoms with Gasteiger partial charge >= 0.3 is 0 Å². The number of aryl methyl sites for hydroxylation is 1. The minimum Gasteiger partial charge on any atom is -0.496 e. The van der Waals surface area contributed by atoms with E-state index in [0.29, 0.717) is 15.8 Å². The molecule has 2 amide bonds. The summed E-state index contributed by atoms with van der Waals surface area (Å²) in [5.41, 5.74) is 1.78. The molecule has 0 spiro atoms. The molecule has 11 heteroatoms. The SMILES string of the molecule is CNC(=O)C(C)N(Cc1ccc(F)cc1)C(=O)CN(c1ccc(C)cc1)S(=O)(=O)c1ccc(OC)c(Br)c1. The summed E-state index contributed by atoms with van der Waals surface area (Å²) in [5, 5.41) is 2.52. The van der Waals surface area contributed by atoms with Crippen molar-refractivity contribution in [2.75, 3.05) is 25.0 Å². The summed E-state index contributed by atoms with van der Waals surface area (Å²) in [6.45, 7) is 2.82. The second kappa shape index (κ2) is 12.4. The van der Waals surface area contributed by atoms with E-state index in [4.69, 9.17) is 4.74 Å². The molecule has 0 radical (unpaired) electrons. The summed E-state index contributed by atoms with van der Waals surface area (Å²) in [4.78, 5) is 27.4. The molecular weight excluding hydrogens is 577 g/mol. The Bertz CT molecular complexity index is 1400. The fourth-order valence-corrected chi connectivity index (χ4v) is 5.89. The van der Waals surface area contributed by atoms with Crippen molar-refractivity contribution >= 4 is 43.5 Å². The molecule has 0 fully saturated rings. The Balaban J connectivity index is 2.04. The van der Waals surface area contributed by atoms with Crippen molar-refractivity contribution in [3.8, 4) is 5.75 Å². The molecule has 0 saturated carbocycles. The minimum absolute atomic E-state index is 0.0242. The van der Waals surface area contributed by atoms with Crippen molar-refractivity contribution in [3.63, 3.8) is 0 Å². The fraction of sp³-hybridized carbons (Fsp3) is 0.259. The van der Waals surface area contributed by atoms with Crippen LogP contribution in [0, 0.1) is 12.7 Å². The summed E-state index contributed by atoms with van der Waals surface area (Å²) in [6, 6.07) is 15.7. The summed E-state index contributed by atoms with van der Waals surface area (Å²) in [6.07, 6.45) is 0. The highest BCUT2D eigenvalue weighted by molar-refractivity contribution is 9.10. The smallest absolute Gasteiger partial charge is 0.264 e. The Kier molecular flexibility index (Phi) is 9.50. The zero-order valence-corrected chi connectivity index (χ0v) is 23.8. The van der Waals surface area contributed by atoms with Gasteiger partial charge in [-0.3, -0.25) is 13.9 Å². The van der Waals surface area contributed by atoms with Crippen molar-refractivity contribution in [1.29, 1.82) is 0 Å². The summed E-state index contributed by atoms with van der Waals surface area (Å²) in [7, 11) is -1.31. The normalized spacial score (nSPS) is 11.9. The average Bonchev–Trinajstić information content (AvgIpc) is 2.90. The van der Waals surface area contributed by atoms with E-state index in [2.05, 4.69) is 21.2 Å². The molecule has 0 aliphatic rings. The number of ether oxygens (including phenoxy) is 1. The second-order valence-corrected chi connectivity index (χ2v) is 11.3. The van der Waals surface area contributed by atoms with Gasteiger partial charge in [0.25, 0.3) is 10.0 Å². The van der Waals surface area contributed by atoms with Gasteiger partial charge in [-0.1, -0.05) is 29.8 Å². The molecule has 0 aliphatic carbocycles. The van der Waals surface area contributed by atoms with E-state index in [1.807, 2.05) is 6.92 Å². The van der Waals surface area contributed by atoms with Crippen LogP contribution in [0.25, 0.3) is 0 Å². The number of nitrogens with zero attached hydrogens (tertiary/aromatic N) is 2. The Labute approximate surface area is 230 Å². The third-order valence-electron chi connectivity index (χ3n) is 5.99. The fourth-order valence-electron chi connectivity index (χ4n) is 3.75. The summed E-state index contributed by atoms with van der Waals surface area (Å²) in [5.74, 6) is -1.02. The number of rotatable bonds is 10. The summed E-state index contributed by atoms with van der Waals surface area (Å²) < 4.78 is 47.8. The third kappa shape index (κ3) is 6.70. The molecule has 0 saturated heterocycles. The van der Waals surface area contributed by atoms with Crippen LogP contribution in [0.5, 0.6) is 5.75 Å². The first kappa shape index (κ1) is 29.1. The van der Waals surface area contributed by atoms with Crippen molar-refractivity contribution in [3.05, 3.63) is 88.1 Å². The van der Waals surface area contributed by atoms with Gasteiger partial charge in [0, 0.05) is 13.6 Å². The van der Waals surface area contributed by atoms with Gasteiger partial charge in [0.1, 0.15) is 24.2 Å². The summed E-state index contributed by atoms with van der Waals surface area (Å²) >= 11 is 3.32. The Hall–Kier alpha value is -3.44. The molecule has 0 heterocycles. The van der Waals surface area contributed by atoms with E-state index in [-0.39, 0.29) is 17.1 Å². The molecule has 1 unspecified atom stereocenters. The van der Waals surface area contributed by atoms with E-state index in [1.54, 1.807) is 31.2 Å². The van der Waals surface area contributed by atoms with Gasteiger partial charge in [0.05, 0.1) is 22.2 Å². The van der Waals surface area contributed by atoms with Crippen molar-refractivity contribution in [2.24, 2.45) is 0 Å². The first-order valence-electron chi connectivity index (χ1n) is 11.7. The minimum atomic E-state index is -4.22. The molecular formula is C27H29BrFN3O5S. The maximum Gasteiger partial charge on any atom is 0.264 e. The highest BCUT2D eigenvalue weighted by Crippen LogP contribution is 2.31. The van der Waals surface area contributed by atoms with Crippen LogP contribution in [0.4, 0.5) is 10.1 Å². The highest BCUT2D eigenvalue weighted by atomic mass is 79.9. The lowest BCUT2D eigenvalue weighted by Gasteiger charge is -2.31. The lowest BCUT2D eigenvalue weighted by atomic mass is 10.1. The van der Waals surface area contributed by atoms with Crippen LogP contribution in [-0.2, 0) is 26.2 Å². The number of hydrogen-bond acceptors (Lipinski definition) is 5. The number of halogens is 2. The lowest BCUT2D eigenvalue weighted by molar-refractivity contribution is -0.139. The molecule has 0 bridgehead atoms. The molecule has 3 aromatic carbocycles. The van der Waals surface area contributed by atoms with Gasteiger partial charge in [0.15, 0.2) is 0 Å². The average molecular weight is 607 g/mol. The first-order valence-corrected chi connectivity index (χ1v) is 13.9. The van der Waals surface area contributed by atoms with Gasteiger partial charge < -0.3 is 15.0 Å². The number of anilines is 1. The van der Waals surface area contributed by atoms with Gasteiger partial charge in [-0.2, -0.15) is 0 Å². The van der Waals surface area contributed by atoms with Gasteiger partial charge in [-0.05, 0) is 77.8 Å². The maximum atomic E-state index is 13.9. The molecule has 1 atom stereocenters. The molecule has 3 aromatic rings. The number of benzene rings is 3. The monoisotopic (exact) mass is 605 g/mol. The van der Waals surface area contributed by atoms with E-state index < -0.39 is 40.2 Å². The van der Waals surface area contributed by atoms with Crippen molar-refractivity contribution < 1.29 is 27.1 Å². The largest absolute Gasteiger partial charge is 0.496 e. The second-order valence-electron chi connectivity index (χ2n) is 8.58. The number of methoxy groups -OCH3 is 1. The zero-order valence-electron chi connectivity index (χ0n) is 21.4. The van der Waals surface area contributed by atoms with Gasteiger partial charge in [0.2, 0.25) is 11.8 Å². The van der Waals surface area contributed by atoms with E-state index in [1.165, 1.54) is 61.5 Å². The number of amides is 2. The zero-order chi connectivity index (χ0) is 28.0. The van der Waals surface area contributed by atoms with E-state index in [0.717, 1.165) is 9.87 Å². The van der Waals surface area contributed by atoms with Gasteiger partial charge in [-0.25, -0.2) is 12.8 Å². The van der Waals surface area contributed by atoms with E-state index >= 15 is 0 Å². The molecule has 3 rings (SSSR count). The third-order valence-corrected chi connectivity index (χ3v) is 8.38. The Morgan fingerprint density at radius 2 is 1.68 bits per heavy atom. The highest BCUT2D eigenvalue weighted by Gasteiger charge is 2.32. The standard InChI is InChI=1S/C27H29BrFN3O5S/c1-18-5-11-22(12-6-18)32(38(35,36)23-13-14-25(37-4)24(28)15-23)17-26(33)31(19(2)27(34)30-3)16-20-7-9-21(29)10-8-20/h5-15,19H,16-17H2,1-4H3,(H,30,34). The molecule has 38 heavy (non-hydrogen) atoms. The van der Waals surface area contributed by atoms with Crippen LogP contribution in [0.3, 0.4) is 0 Å². The van der Waals surface area contributed by atoms with Crippen LogP contribution in [0.15, 0.2) is 76.1 Å². The molecule has 8 nitrogen and oxygen atoms in total. The predicted molar refractivity (Wildman–Crippen MR) is 147 cm³/mol.